The molecule has 2 N–H and O–H groups in total. The van der Waals surface area contributed by atoms with E-state index in [0.29, 0.717) is 5.69 Å². The number of nitrogens with zero attached hydrogens (tertiary/aromatic N) is 2. The number of primary sulfonamides is 1. The first-order valence-electron chi connectivity index (χ1n) is 3.54. The van der Waals surface area contributed by atoms with Gasteiger partial charge in [-0.1, -0.05) is 0 Å². The summed E-state index contributed by atoms with van der Waals surface area (Å²) in [5.74, 6) is -0.194. The summed E-state index contributed by atoms with van der Waals surface area (Å²) >= 11 is 0. The van der Waals surface area contributed by atoms with Crippen LogP contribution in [0.15, 0.2) is 12.3 Å². The van der Waals surface area contributed by atoms with Crippen LogP contribution in [0.25, 0.3) is 0 Å². The van der Waals surface area contributed by atoms with Crippen molar-refractivity contribution in [3.8, 4) is 0 Å². The summed E-state index contributed by atoms with van der Waals surface area (Å²) in [4.78, 5) is 0. The van der Waals surface area contributed by atoms with Crippen LogP contribution in [0, 0.1) is 0 Å². The molecule has 1 aromatic heterocycles. The van der Waals surface area contributed by atoms with Crippen LogP contribution in [-0.2, 0) is 22.3 Å². The lowest BCUT2D eigenvalue weighted by Gasteiger charge is -1.93. The van der Waals surface area contributed by atoms with Crippen LogP contribution in [0.1, 0.15) is 12.6 Å². The molecule has 1 heterocycles. The second-order valence-corrected chi connectivity index (χ2v) is 4.08. The third-order valence-electron chi connectivity index (χ3n) is 1.37. The number of hydrogen-bond acceptors (Lipinski definition) is 3. The van der Waals surface area contributed by atoms with Crippen LogP contribution in [0.2, 0.25) is 0 Å². The van der Waals surface area contributed by atoms with Crippen LogP contribution < -0.4 is 5.14 Å². The Morgan fingerprint density at radius 3 is 2.75 bits per heavy atom. The van der Waals surface area contributed by atoms with Gasteiger partial charge in [-0.05, 0) is 13.0 Å². The van der Waals surface area contributed by atoms with Gasteiger partial charge in [-0.15, -0.1) is 0 Å². The minimum Gasteiger partial charge on any atom is -0.273 e. The number of rotatable bonds is 3. The Bertz CT molecular complexity index is 355. The van der Waals surface area contributed by atoms with E-state index in [1.807, 2.05) is 6.92 Å². The predicted molar refractivity (Wildman–Crippen MR) is 44.7 cm³/mol. The molecule has 0 saturated heterocycles. The average Bonchev–Trinajstić information content (AvgIpc) is 2.32. The lowest BCUT2D eigenvalue weighted by molar-refractivity contribution is 0.594. The first kappa shape index (κ1) is 9.21. The number of nitrogens with two attached hydrogens (primary N) is 1. The molecule has 0 aliphatic carbocycles. The fourth-order valence-electron chi connectivity index (χ4n) is 0.863. The molecule has 0 aliphatic heterocycles. The molecule has 0 bridgehead atoms. The lowest BCUT2D eigenvalue weighted by Crippen LogP contribution is -2.15. The Morgan fingerprint density at radius 1 is 1.67 bits per heavy atom. The van der Waals surface area contributed by atoms with Gasteiger partial charge in [-0.3, -0.25) is 4.68 Å². The van der Waals surface area contributed by atoms with E-state index < -0.39 is 10.0 Å². The molecule has 1 aromatic rings. The Morgan fingerprint density at radius 2 is 2.33 bits per heavy atom. The summed E-state index contributed by atoms with van der Waals surface area (Å²) in [7, 11) is -3.45. The highest BCUT2D eigenvalue weighted by atomic mass is 32.2. The van der Waals surface area contributed by atoms with E-state index in [4.69, 9.17) is 5.14 Å². The molecular formula is C6H11N3O2S. The van der Waals surface area contributed by atoms with Gasteiger partial charge in [0.15, 0.2) is 0 Å². The topological polar surface area (TPSA) is 78.0 Å². The highest BCUT2D eigenvalue weighted by Gasteiger charge is 2.06. The normalized spacial score (nSPS) is 11.8. The molecule has 0 fully saturated rings. The predicted octanol–water partition coefficient (Wildman–Crippen LogP) is -0.309. The van der Waals surface area contributed by atoms with Crippen molar-refractivity contribution in [1.82, 2.24) is 9.78 Å². The van der Waals surface area contributed by atoms with Crippen LogP contribution in [0.3, 0.4) is 0 Å². The summed E-state index contributed by atoms with van der Waals surface area (Å²) < 4.78 is 22.9. The Labute approximate surface area is 71.2 Å². The van der Waals surface area contributed by atoms with Crippen molar-refractivity contribution in [3.63, 3.8) is 0 Å². The third kappa shape index (κ3) is 2.63. The van der Waals surface area contributed by atoms with Gasteiger partial charge in [0.2, 0.25) is 10.0 Å². The summed E-state index contributed by atoms with van der Waals surface area (Å²) in [6.07, 6.45) is 1.72. The molecule has 0 aliphatic rings. The molecule has 0 amide bonds. The van der Waals surface area contributed by atoms with Gasteiger partial charge in [-0.2, -0.15) is 5.10 Å². The molecule has 12 heavy (non-hydrogen) atoms. The Hall–Kier alpha value is -0.880. The van der Waals surface area contributed by atoms with Crippen molar-refractivity contribution in [3.05, 3.63) is 18.0 Å². The van der Waals surface area contributed by atoms with Crippen LogP contribution in [-0.4, -0.2) is 18.2 Å². The highest BCUT2D eigenvalue weighted by molar-refractivity contribution is 7.88. The maximum atomic E-state index is 10.6. The van der Waals surface area contributed by atoms with Gasteiger partial charge < -0.3 is 0 Å². The first-order valence-corrected chi connectivity index (χ1v) is 5.25. The highest BCUT2D eigenvalue weighted by Crippen LogP contribution is 1.99. The molecule has 5 nitrogen and oxygen atoms in total. The summed E-state index contributed by atoms with van der Waals surface area (Å²) in [6.45, 7) is 2.65. The van der Waals surface area contributed by atoms with Crippen LogP contribution in [0.5, 0.6) is 0 Å². The zero-order valence-corrected chi connectivity index (χ0v) is 7.58. The molecule has 6 heteroatoms. The van der Waals surface area contributed by atoms with Gasteiger partial charge >= 0.3 is 0 Å². The van der Waals surface area contributed by atoms with Crippen molar-refractivity contribution in [2.24, 2.45) is 5.14 Å². The van der Waals surface area contributed by atoms with E-state index in [-0.39, 0.29) is 5.75 Å². The number of sulfonamides is 1. The number of aromatic nitrogens is 2. The summed E-state index contributed by atoms with van der Waals surface area (Å²) in [5.41, 5.74) is 0.486. The van der Waals surface area contributed by atoms with E-state index in [1.54, 1.807) is 16.9 Å². The molecule has 0 aromatic carbocycles. The van der Waals surface area contributed by atoms with Crippen LogP contribution >= 0.6 is 0 Å². The molecule has 0 spiro atoms. The fourth-order valence-corrected chi connectivity index (χ4v) is 1.43. The molecular weight excluding hydrogens is 178 g/mol. The summed E-state index contributed by atoms with van der Waals surface area (Å²) in [6, 6.07) is 1.65. The molecule has 0 unspecified atom stereocenters. The van der Waals surface area contributed by atoms with E-state index in [1.165, 1.54) is 0 Å². The Balaban J connectivity index is 2.78. The molecule has 0 atom stereocenters. The second kappa shape index (κ2) is 3.24. The molecule has 68 valence electrons. The maximum absolute atomic E-state index is 10.6. The Kier molecular flexibility index (Phi) is 2.49. The van der Waals surface area contributed by atoms with Crippen molar-refractivity contribution >= 4 is 10.0 Å². The van der Waals surface area contributed by atoms with Gasteiger partial charge in [0.1, 0.15) is 5.75 Å². The van der Waals surface area contributed by atoms with Crippen molar-refractivity contribution in [2.75, 3.05) is 0 Å². The van der Waals surface area contributed by atoms with Gasteiger partial charge in [-0.25, -0.2) is 13.6 Å². The minimum atomic E-state index is -3.45. The SMILES string of the molecule is CCn1ccc(CS(N)(=O)=O)n1. The van der Waals surface area contributed by atoms with E-state index in [9.17, 15) is 8.42 Å². The zero-order valence-electron chi connectivity index (χ0n) is 6.77. The van der Waals surface area contributed by atoms with E-state index in [2.05, 4.69) is 5.10 Å². The van der Waals surface area contributed by atoms with Crippen molar-refractivity contribution in [1.29, 1.82) is 0 Å². The summed E-state index contributed by atoms with van der Waals surface area (Å²) in [5, 5.41) is 8.81. The van der Waals surface area contributed by atoms with E-state index in [0.717, 1.165) is 6.54 Å². The lowest BCUT2D eigenvalue weighted by atomic mass is 10.5. The van der Waals surface area contributed by atoms with Gasteiger partial charge in [0, 0.05) is 12.7 Å². The molecule has 1 rings (SSSR count). The third-order valence-corrected chi connectivity index (χ3v) is 2.07. The first-order chi connectivity index (χ1) is 5.51. The average molecular weight is 189 g/mol. The zero-order chi connectivity index (χ0) is 9.19. The number of aryl methyl sites for hydroxylation is 1. The smallest absolute Gasteiger partial charge is 0.214 e. The van der Waals surface area contributed by atoms with E-state index >= 15 is 0 Å². The molecule has 0 radical (unpaired) electrons. The van der Waals surface area contributed by atoms with Crippen molar-refractivity contribution in [2.45, 2.75) is 19.2 Å². The van der Waals surface area contributed by atoms with Crippen LogP contribution in [0.4, 0.5) is 0 Å². The second-order valence-electron chi connectivity index (χ2n) is 2.47. The minimum absolute atomic E-state index is 0.194. The van der Waals surface area contributed by atoms with Gasteiger partial charge in [0.25, 0.3) is 0 Å². The maximum Gasteiger partial charge on any atom is 0.214 e. The monoisotopic (exact) mass is 189 g/mol. The standard InChI is InChI=1S/C6H11N3O2S/c1-2-9-4-3-6(8-9)5-12(7,10)11/h3-4H,2,5H2,1H3,(H2,7,10,11). The number of hydrogen-bond donors (Lipinski definition) is 1. The largest absolute Gasteiger partial charge is 0.273 e. The quantitative estimate of drug-likeness (QED) is 0.708. The van der Waals surface area contributed by atoms with Crippen molar-refractivity contribution < 1.29 is 8.42 Å². The molecule has 0 saturated carbocycles. The van der Waals surface area contributed by atoms with Gasteiger partial charge in [0.05, 0.1) is 5.69 Å². The fraction of sp³-hybridized carbons (Fsp3) is 0.500.